The van der Waals surface area contributed by atoms with E-state index in [1.54, 1.807) is 18.3 Å². The first-order chi connectivity index (χ1) is 17.5. The van der Waals surface area contributed by atoms with Crippen LogP contribution in [0, 0.1) is 29.8 Å². The number of halogens is 3. The number of aryl methyl sites for hydroxylation is 1. The summed E-state index contributed by atoms with van der Waals surface area (Å²) in [5.74, 6) is -3.39. The van der Waals surface area contributed by atoms with Crippen LogP contribution >= 0.6 is 0 Å². The van der Waals surface area contributed by atoms with Gasteiger partial charge in [-0.1, -0.05) is 13.8 Å². The summed E-state index contributed by atoms with van der Waals surface area (Å²) in [5, 5.41) is 9.56. The number of carboxylic acids is 1. The Hall–Kier alpha value is -3.62. The van der Waals surface area contributed by atoms with Crippen LogP contribution in [-0.4, -0.2) is 40.7 Å². The zero-order valence-electron chi connectivity index (χ0n) is 21.2. The van der Waals surface area contributed by atoms with Crippen molar-refractivity contribution in [2.24, 2.45) is 5.41 Å². The van der Waals surface area contributed by atoms with Crippen LogP contribution in [0.15, 0.2) is 36.7 Å². The topological polar surface area (TPSA) is 75.6 Å². The highest BCUT2D eigenvalue weighted by Gasteiger charge is 2.29. The van der Waals surface area contributed by atoms with E-state index in [1.807, 2.05) is 6.92 Å². The first kappa shape index (κ1) is 26.4. The Labute approximate surface area is 214 Å². The van der Waals surface area contributed by atoms with Crippen LogP contribution in [0.25, 0.3) is 11.3 Å². The Morgan fingerprint density at radius 1 is 1.05 bits per heavy atom. The van der Waals surface area contributed by atoms with E-state index in [0.29, 0.717) is 34.8 Å². The standard InChI is InChI=1S/C28H30F3N3O3/c1-17-21(14-26(35)36)27(34-9-7-28(2,3)8-10-34)22(16-32-17)25-5-4-19(15-33-25)37-11-6-20-23(30)12-18(29)13-24(20)31/h4-5,12-13,15-16H,6-11,14H2,1-3H3,(H,35,36). The molecule has 9 heteroatoms. The number of piperidine rings is 1. The van der Waals surface area contributed by atoms with Gasteiger partial charge in [0.05, 0.1) is 30.6 Å². The Bertz CT molecular complexity index is 1260. The molecule has 3 aromatic rings. The van der Waals surface area contributed by atoms with Gasteiger partial charge in [0.15, 0.2) is 0 Å². The Morgan fingerprint density at radius 3 is 2.32 bits per heavy atom. The zero-order chi connectivity index (χ0) is 26.7. The Balaban J connectivity index is 1.56. The maximum absolute atomic E-state index is 13.9. The van der Waals surface area contributed by atoms with E-state index < -0.39 is 23.4 Å². The lowest BCUT2D eigenvalue weighted by Gasteiger charge is -2.40. The largest absolute Gasteiger partial charge is 0.492 e. The van der Waals surface area contributed by atoms with Crippen molar-refractivity contribution >= 4 is 11.7 Å². The SMILES string of the molecule is Cc1ncc(-c2ccc(OCCc3c(F)cc(F)cc3F)cn2)c(N2CCC(C)(C)CC2)c1CC(=O)O. The summed E-state index contributed by atoms with van der Waals surface area (Å²) in [6.07, 6.45) is 4.98. The molecule has 1 N–H and O–H groups in total. The lowest BCUT2D eigenvalue weighted by atomic mass is 9.82. The van der Waals surface area contributed by atoms with Crippen molar-refractivity contribution in [2.75, 3.05) is 24.6 Å². The Kier molecular flexibility index (Phi) is 7.71. The molecular formula is C28H30F3N3O3. The van der Waals surface area contributed by atoms with E-state index >= 15 is 0 Å². The molecule has 0 unspecified atom stereocenters. The molecule has 4 rings (SSSR count). The molecule has 0 saturated carbocycles. The average molecular weight is 514 g/mol. The molecule has 0 aliphatic carbocycles. The number of hydrogen-bond donors (Lipinski definition) is 1. The Morgan fingerprint density at radius 2 is 1.73 bits per heavy atom. The highest BCUT2D eigenvalue weighted by Crippen LogP contribution is 2.39. The molecule has 3 heterocycles. The van der Waals surface area contributed by atoms with Crippen LogP contribution in [0.4, 0.5) is 18.9 Å². The van der Waals surface area contributed by atoms with Gasteiger partial charge in [0.1, 0.15) is 23.2 Å². The number of benzene rings is 1. The second kappa shape index (κ2) is 10.8. The molecule has 37 heavy (non-hydrogen) atoms. The fourth-order valence-electron chi connectivity index (χ4n) is 4.59. The van der Waals surface area contributed by atoms with E-state index in [4.69, 9.17) is 4.74 Å². The molecule has 1 fully saturated rings. The third-order valence-corrected chi connectivity index (χ3v) is 6.87. The number of aromatic nitrogens is 2. The lowest BCUT2D eigenvalue weighted by molar-refractivity contribution is -0.136. The van der Waals surface area contributed by atoms with Gasteiger partial charge in [0.2, 0.25) is 0 Å². The molecule has 0 radical (unpaired) electrons. The van der Waals surface area contributed by atoms with Crippen LogP contribution in [0.5, 0.6) is 5.75 Å². The molecule has 0 bridgehead atoms. The third-order valence-electron chi connectivity index (χ3n) is 6.87. The lowest BCUT2D eigenvalue weighted by Crippen LogP contribution is -2.38. The van der Waals surface area contributed by atoms with Crippen LogP contribution in [0.3, 0.4) is 0 Å². The summed E-state index contributed by atoms with van der Waals surface area (Å²) in [6.45, 7) is 7.86. The first-order valence-electron chi connectivity index (χ1n) is 12.2. The summed E-state index contributed by atoms with van der Waals surface area (Å²) >= 11 is 0. The number of hydrogen-bond acceptors (Lipinski definition) is 5. The molecule has 1 aliphatic rings. The molecule has 1 aromatic carbocycles. The second-order valence-corrected chi connectivity index (χ2v) is 10.1. The van der Waals surface area contributed by atoms with Gasteiger partial charge in [0.25, 0.3) is 0 Å². The van der Waals surface area contributed by atoms with Crippen molar-refractivity contribution in [2.45, 2.75) is 46.5 Å². The van der Waals surface area contributed by atoms with Crippen LogP contribution in [-0.2, 0) is 17.6 Å². The van der Waals surface area contributed by atoms with Crippen LogP contribution < -0.4 is 9.64 Å². The van der Waals surface area contributed by atoms with Gasteiger partial charge in [-0.15, -0.1) is 0 Å². The van der Waals surface area contributed by atoms with Gasteiger partial charge < -0.3 is 14.7 Å². The smallest absolute Gasteiger partial charge is 0.307 e. The van der Waals surface area contributed by atoms with E-state index in [9.17, 15) is 23.1 Å². The minimum Gasteiger partial charge on any atom is -0.492 e. The van der Waals surface area contributed by atoms with E-state index in [2.05, 4.69) is 28.7 Å². The molecule has 0 amide bonds. The maximum Gasteiger partial charge on any atom is 0.307 e. The number of carbonyl (C=O) groups is 1. The summed E-state index contributed by atoms with van der Waals surface area (Å²) in [6, 6.07) is 4.73. The van der Waals surface area contributed by atoms with Gasteiger partial charge in [-0.25, -0.2) is 13.2 Å². The highest BCUT2D eigenvalue weighted by atomic mass is 19.1. The van der Waals surface area contributed by atoms with Crippen molar-refractivity contribution in [3.63, 3.8) is 0 Å². The zero-order valence-corrected chi connectivity index (χ0v) is 21.2. The molecule has 2 aromatic heterocycles. The fourth-order valence-corrected chi connectivity index (χ4v) is 4.59. The molecule has 6 nitrogen and oxygen atoms in total. The van der Waals surface area contributed by atoms with Gasteiger partial charge in [-0.2, -0.15) is 0 Å². The third kappa shape index (κ3) is 6.21. The molecular weight excluding hydrogens is 483 g/mol. The van der Waals surface area contributed by atoms with Crippen molar-refractivity contribution in [3.05, 3.63) is 70.9 Å². The van der Waals surface area contributed by atoms with Crippen molar-refractivity contribution in [1.82, 2.24) is 9.97 Å². The summed E-state index contributed by atoms with van der Waals surface area (Å²) in [7, 11) is 0. The molecule has 0 spiro atoms. The predicted octanol–water partition coefficient (Wildman–Crippen LogP) is 5.74. The minimum absolute atomic E-state index is 0.0237. The quantitative estimate of drug-likeness (QED) is 0.414. The highest BCUT2D eigenvalue weighted by molar-refractivity contribution is 5.83. The average Bonchev–Trinajstić information content (AvgIpc) is 2.82. The van der Waals surface area contributed by atoms with Gasteiger partial charge in [-0.3, -0.25) is 14.8 Å². The number of rotatable bonds is 8. The summed E-state index contributed by atoms with van der Waals surface area (Å²) < 4.78 is 46.4. The molecule has 1 aliphatic heterocycles. The number of aliphatic carboxylic acids is 1. The van der Waals surface area contributed by atoms with Gasteiger partial charge in [-0.05, 0) is 37.3 Å². The van der Waals surface area contributed by atoms with Crippen molar-refractivity contribution in [1.29, 1.82) is 0 Å². The normalized spacial score (nSPS) is 15.0. The number of anilines is 1. The minimum atomic E-state index is -0.968. The van der Waals surface area contributed by atoms with Crippen LogP contribution in [0.2, 0.25) is 0 Å². The van der Waals surface area contributed by atoms with E-state index in [-0.39, 0.29) is 30.4 Å². The first-order valence-corrected chi connectivity index (χ1v) is 12.2. The van der Waals surface area contributed by atoms with E-state index in [0.717, 1.165) is 37.2 Å². The number of pyridine rings is 2. The summed E-state index contributed by atoms with van der Waals surface area (Å²) in [4.78, 5) is 22.9. The van der Waals surface area contributed by atoms with Gasteiger partial charge in [0, 0.05) is 60.2 Å². The monoisotopic (exact) mass is 513 g/mol. The molecule has 1 saturated heterocycles. The fraction of sp³-hybridized carbons (Fsp3) is 0.393. The number of carboxylic acid groups (broad SMARTS) is 1. The second-order valence-electron chi connectivity index (χ2n) is 10.1. The van der Waals surface area contributed by atoms with E-state index in [1.165, 1.54) is 6.20 Å². The van der Waals surface area contributed by atoms with Crippen molar-refractivity contribution < 1.29 is 27.8 Å². The maximum atomic E-state index is 13.9. The molecule has 196 valence electrons. The predicted molar refractivity (Wildman–Crippen MR) is 134 cm³/mol. The van der Waals surface area contributed by atoms with Crippen molar-refractivity contribution in [3.8, 4) is 17.0 Å². The number of nitrogens with zero attached hydrogens (tertiary/aromatic N) is 3. The molecule has 0 atom stereocenters. The summed E-state index contributed by atoms with van der Waals surface area (Å²) in [5.41, 5.74) is 3.53. The number of ether oxygens (including phenoxy) is 1. The van der Waals surface area contributed by atoms with Gasteiger partial charge >= 0.3 is 5.97 Å². The van der Waals surface area contributed by atoms with Crippen LogP contribution in [0.1, 0.15) is 43.5 Å².